The first-order valence-corrected chi connectivity index (χ1v) is 5.50. The molecule has 0 heterocycles. The predicted molar refractivity (Wildman–Crippen MR) is 61.9 cm³/mol. The summed E-state index contributed by atoms with van der Waals surface area (Å²) in [5.74, 6) is -0.355. The van der Waals surface area contributed by atoms with E-state index in [1.165, 1.54) is 0 Å². The molecule has 0 fully saturated rings. The number of nitrogens with two attached hydrogens (primary N) is 1. The molecule has 0 amide bonds. The maximum atomic E-state index is 13.7. The molecular weight excluding hydrogens is 261 g/mol. The van der Waals surface area contributed by atoms with E-state index in [0.717, 1.165) is 0 Å². The summed E-state index contributed by atoms with van der Waals surface area (Å²) in [6.07, 6.45) is 0. The molecule has 1 aromatic rings. The van der Waals surface area contributed by atoms with Gasteiger partial charge in [-0.1, -0.05) is 26.0 Å². The number of aliphatic hydroxyl groups is 1. The lowest BCUT2D eigenvalue weighted by molar-refractivity contribution is 0.130. The summed E-state index contributed by atoms with van der Waals surface area (Å²) in [4.78, 5) is 0. The van der Waals surface area contributed by atoms with Crippen LogP contribution in [-0.4, -0.2) is 11.7 Å². The lowest BCUT2D eigenvalue weighted by atomic mass is 9.81. The highest BCUT2D eigenvalue weighted by molar-refractivity contribution is 9.10. The van der Waals surface area contributed by atoms with Gasteiger partial charge in [0.2, 0.25) is 0 Å². The van der Waals surface area contributed by atoms with Gasteiger partial charge in [0.05, 0.1) is 4.47 Å². The lowest BCUT2D eigenvalue weighted by Crippen LogP contribution is -2.33. The topological polar surface area (TPSA) is 46.2 Å². The van der Waals surface area contributed by atoms with Gasteiger partial charge in [-0.3, -0.25) is 0 Å². The maximum absolute atomic E-state index is 13.7. The Kier molecular flexibility index (Phi) is 3.87. The summed E-state index contributed by atoms with van der Waals surface area (Å²) in [7, 11) is 0. The zero-order valence-electron chi connectivity index (χ0n) is 8.80. The van der Waals surface area contributed by atoms with Crippen LogP contribution >= 0.6 is 15.9 Å². The molecule has 0 aromatic heterocycles. The summed E-state index contributed by atoms with van der Waals surface area (Å²) in [5.41, 5.74) is 5.81. The van der Waals surface area contributed by atoms with E-state index in [1.807, 2.05) is 0 Å². The normalized spacial score (nSPS) is 14.0. The Morgan fingerprint density at radius 2 is 2.13 bits per heavy atom. The maximum Gasteiger partial charge on any atom is 0.142 e. The van der Waals surface area contributed by atoms with E-state index in [2.05, 4.69) is 15.9 Å². The molecule has 1 aromatic carbocycles. The van der Waals surface area contributed by atoms with Crippen molar-refractivity contribution < 1.29 is 9.50 Å². The molecule has 0 saturated carbocycles. The van der Waals surface area contributed by atoms with Gasteiger partial charge in [-0.15, -0.1) is 0 Å². The van der Waals surface area contributed by atoms with Crippen molar-refractivity contribution in [2.75, 3.05) is 6.61 Å². The molecule has 0 aliphatic heterocycles. The molecule has 2 nitrogen and oxygen atoms in total. The lowest BCUT2D eigenvalue weighted by Gasteiger charge is -2.30. The van der Waals surface area contributed by atoms with Gasteiger partial charge in [-0.05, 0) is 22.0 Å². The summed E-state index contributed by atoms with van der Waals surface area (Å²) in [6.45, 7) is 3.52. The zero-order valence-corrected chi connectivity index (χ0v) is 10.4. The molecule has 0 unspecified atom stereocenters. The quantitative estimate of drug-likeness (QED) is 0.891. The fourth-order valence-corrected chi connectivity index (χ4v) is 1.66. The fourth-order valence-electron chi connectivity index (χ4n) is 1.28. The second-order valence-corrected chi connectivity index (χ2v) is 5.12. The molecule has 0 spiro atoms. The van der Waals surface area contributed by atoms with Crippen LogP contribution in [0.15, 0.2) is 22.7 Å². The second-order valence-electron chi connectivity index (χ2n) is 4.27. The van der Waals surface area contributed by atoms with Crippen molar-refractivity contribution >= 4 is 15.9 Å². The standard InChI is InChI=1S/C11H15BrFNO/c1-11(2,6-15)10(14)7-4-3-5-8(12)9(7)13/h3-5,10,15H,6,14H2,1-2H3/t10-/m1/s1. The average molecular weight is 276 g/mol. The second kappa shape index (κ2) is 4.60. The Balaban J connectivity index is 3.12. The van der Waals surface area contributed by atoms with E-state index in [4.69, 9.17) is 5.73 Å². The van der Waals surface area contributed by atoms with Gasteiger partial charge >= 0.3 is 0 Å². The number of hydrogen-bond donors (Lipinski definition) is 2. The third-order valence-corrected chi connectivity index (χ3v) is 3.18. The van der Waals surface area contributed by atoms with Crippen LogP contribution in [0.25, 0.3) is 0 Å². The summed E-state index contributed by atoms with van der Waals surface area (Å²) >= 11 is 3.11. The minimum atomic E-state index is -0.540. The smallest absolute Gasteiger partial charge is 0.142 e. The van der Waals surface area contributed by atoms with E-state index >= 15 is 0 Å². The Morgan fingerprint density at radius 1 is 1.53 bits per heavy atom. The van der Waals surface area contributed by atoms with Crippen LogP contribution < -0.4 is 5.73 Å². The van der Waals surface area contributed by atoms with Crippen molar-refractivity contribution in [1.29, 1.82) is 0 Å². The van der Waals surface area contributed by atoms with Gasteiger partial charge in [0.15, 0.2) is 0 Å². The molecule has 0 aliphatic rings. The largest absolute Gasteiger partial charge is 0.396 e. The fraction of sp³-hybridized carbons (Fsp3) is 0.455. The van der Waals surface area contributed by atoms with Crippen LogP contribution in [0, 0.1) is 11.2 Å². The summed E-state index contributed by atoms with van der Waals surface area (Å²) in [6, 6.07) is 4.47. The molecule has 1 atom stereocenters. The molecule has 0 aliphatic carbocycles. The SMILES string of the molecule is CC(C)(CO)[C@H](N)c1cccc(Br)c1F. The van der Waals surface area contributed by atoms with Crippen molar-refractivity contribution in [3.63, 3.8) is 0 Å². The first-order chi connectivity index (χ1) is 6.90. The minimum Gasteiger partial charge on any atom is -0.396 e. The molecule has 3 N–H and O–H groups in total. The van der Waals surface area contributed by atoms with Gasteiger partial charge in [0.25, 0.3) is 0 Å². The van der Waals surface area contributed by atoms with E-state index in [9.17, 15) is 9.50 Å². The summed E-state index contributed by atoms with van der Waals surface area (Å²) < 4.78 is 14.1. The predicted octanol–water partition coefficient (Wildman–Crippen LogP) is 2.61. The highest BCUT2D eigenvalue weighted by Crippen LogP contribution is 2.33. The Bertz CT molecular complexity index is 354. The van der Waals surface area contributed by atoms with Crippen LogP contribution in [0.5, 0.6) is 0 Å². The van der Waals surface area contributed by atoms with Crippen LogP contribution in [0.4, 0.5) is 4.39 Å². The van der Waals surface area contributed by atoms with Crippen LogP contribution in [0.2, 0.25) is 0 Å². The molecule has 0 bridgehead atoms. The van der Waals surface area contributed by atoms with Crippen molar-refractivity contribution in [2.24, 2.45) is 11.1 Å². The van der Waals surface area contributed by atoms with Crippen molar-refractivity contribution in [1.82, 2.24) is 0 Å². The molecular formula is C11H15BrFNO. The number of benzene rings is 1. The highest BCUT2D eigenvalue weighted by Gasteiger charge is 2.29. The van der Waals surface area contributed by atoms with Crippen molar-refractivity contribution in [2.45, 2.75) is 19.9 Å². The monoisotopic (exact) mass is 275 g/mol. The van der Waals surface area contributed by atoms with E-state index in [1.54, 1.807) is 32.0 Å². The Hall–Kier alpha value is -0.450. The number of hydrogen-bond acceptors (Lipinski definition) is 2. The van der Waals surface area contributed by atoms with Crippen LogP contribution in [0.3, 0.4) is 0 Å². The zero-order chi connectivity index (χ0) is 11.6. The molecule has 4 heteroatoms. The van der Waals surface area contributed by atoms with Crippen LogP contribution in [-0.2, 0) is 0 Å². The first-order valence-electron chi connectivity index (χ1n) is 4.70. The van der Waals surface area contributed by atoms with Gasteiger partial charge < -0.3 is 10.8 Å². The highest BCUT2D eigenvalue weighted by atomic mass is 79.9. The molecule has 15 heavy (non-hydrogen) atoms. The van der Waals surface area contributed by atoms with Crippen molar-refractivity contribution in [3.05, 3.63) is 34.1 Å². The third kappa shape index (κ3) is 2.56. The molecule has 84 valence electrons. The summed E-state index contributed by atoms with van der Waals surface area (Å²) in [5, 5.41) is 9.17. The van der Waals surface area contributed by atoms with Gasteiger partial charge in [-0.25, -0.2) is 4.39 Å². The molecule has 0 radical (unpaired) electrons. The first kappa shape index (κ1) is 12.6. The number of aliphatic hydroxyl groups excluding tert-OH is 1. The van der Waals surface area contributed by atoms with Gasteiger partial charge in [0.1, 0.15) is 5.82 Å². The molecule has 0 saturated heterocycles. The number of halogens is 2. The Morgan fingerprint density at radius 3 is 2.67 bits per heavy atom. The van der Waals surface area contributed by atoms with Gasteiger partial charge in [-0.2, -0.15) is 0 Å². The number of rotatable bonds is 3. The van der Waals surface area contributed by atoms with E-state index in [0.29, 0.717) is 10.0 Å². The van der Waals surface area contributed by atoms with E-state index in [-0.39, 0.29) is 12.4 Å². The van der Waals surface area contributed by atoms with Crippen molar-refractivity contribution in [3.8, 4) is 0 Å². The average Bonchev–Trinajstić information content (AvgIpc) is 2.21. The molecule has 1 rings (SSSR count). The third-order valence-electron chi connectivity index (χ3n) is 2.57. The van der Waals surface area contributed by atoms with E-state index < -0.39 is 11.5 Å². The Labute approximate surface area is 97.4 Å². The van der Waals surface area contributed by atoms with Crippen LogP contribution in [0.1, 0.15) is 25.5 Å². The van der Waals surface area contributed by atoms with Gasteiger partial charge in [0, 0.05) is 23.6 Å². The minimum absolute atomic E-state index is 0.0832.